The molecule has 0 unspecified atom stereocenters. The van der Waals surface area contributed by atoms with E-state index in [1.54, 1.807) is 11.1 Å². The third-order valence-electron chi connectivity index (χ3n) is 6.55. The van der Waals surface area contributed by atoms with E-state index in [0.29, 0.717) is 0 Å². The fraction of sp³-hybridized carbons (Fsp3) is 0.478. The number of hydrogen-bond acceptors (Lipinski definition) is 0. The maximum atomic E-state index is 2.55. The van der Waals surface area contributed by atoms with Gasteiger partial charge in [0.1, 0.15) is 0 Å². The van der Waals surface area contributed by atoms with E-state index in [1.165, 1.54) is 35.1 Å². The fourth-order valence-electron chi connectivity index (χ4n) is 4.76. The Hall–Kier alpha value is -1.56. The molecule has 0 bridgehead atoms. The van der Waals surface area contributed by atoms with Gasteiger partial charge < -0.3 is 0 Å². The summed E-state index contributed by atoms with van der Waals surface area (Å²) in [6.45, 7) is 14.4. The standard InChI is InChI=1S/C23H28/c1-21(2)11-12-22(3,4)20-14-18-16(13-19(20)21)15-9-7-8-10-17(15)23(18,5)6/h7-10,13-14H,11-12H2,1-6H3. The third kappa shape index (κ3) is 1.90. The Labute approximate surface area is 140 Å². The second-order valence-electron chi connectivity index (χ2n) is 9.38. The molecule has 0 fully saturated rings. The average molecular weight is 304 g/mol. The second-order valence-corrected chi connectivity index (χ2v) is 9.38. The van der Waals surface area contributed by atoms with Gasteiger partial charge in [-0.05, 0) is 63.1 Å². The topological polar surface area (TPSA) is 0 Å². The predicted molar refractivity (Wildman–Crippen MR) is 99.3 cm³/mol. The first-order chi connectivity index (χ1) is 10.6. The van der Waals surface area contributed by atoms with Crippen LogP contribution < -0.4 is 0 Å². The van der Waals surface area contributed by atoms with Gasteiger partial charge >= 0.3 is 0 Å². The lowest BCUT2D eigenvalue weighted by atomic mass is 9.62. The van der Waals surface area contributed by atoms with Crippen molar-refractivity contribution >= 4 is 0 Å². The smallest absolute Gasteiger partial charge is 0.0158 e. The van der Waals surface area contributed by atoms with Crippen molar-refractivity contribution in [2.24, 2.45) is 0 Å². The van der Waals surface area contributed by atoms with Crippen LogP contribution in [0.3, 0.4) is 0 Å². The molecule has 0 aromatic heterocycles. The van der Waals surface area contributed by atoms with Crippen LogP contribution in [-0.2, 0) is 16.2 Å². The number of fused-ring (bicyclic) bond motifs is 4. The molecule has 0 saturated carbocycles. The lowest BCUT2D eigenvalue weighted by Gasteiger charge is -2.42. The highest BCUT2D eigenvalue weighted by Crippen LogP contribution is 2.54. The Morgan fingerprint density at radius 3 is 1.83 bits per heavy atom. The van der Waals surface area contributed by atoms with Crippen molar-refractivity contribution in [3.63, 3.8) is 0 Å². The van der Waals surface area contributed by atoms with Gasteiger partial charge in [0.25, 0.3) is 0 Å². The van der Waals surface area contributed by atoms with E-state index in [9.17, 15) is 0 Å². The van der Waals surface area contributed by atoms with E-state index < -0.39 is 0 Å². The molecule has 2 aliphatic rings. The first kappa shape index (κ1) is 15.0. The molecule has 0 heteroatoms. The van der Waals surface area contributed by atoms with Crippen molar-refractivity contribution in [2.45, 2.75) is 70.6 Å². The van der Waals surface area contributed by atoms with E-state index in [1.807, 2.05) is 0 Å². The summed E-state index contributed by atoms with van der Waals surface area (Å²) in [5.74, 6) is 0. The minimum Gasteiger partial charge on any atom is -0.0619 e. The molecule has 2 aliphatic carbocycles. The van der Waals surface area contributed by atoms with Crippen molar-refractivity contribution in [1.29, 1.82) is 0 Å². The van der Waals surface area contributed by atoms with Crippen LogP contribution in [0, 0.1) is 0 Å². The molecule has 0 aliphatic heterocycles. The molecule has 120 valence electrons. The van der Waals surface area contributed by atoms with Crippen molar-refractivity contribution in [3.8, 4) is 11.1 Å². The third-order valence-corrected chi connectivity index (χ3v) is 6.55. The quantitative estimate of drug-likeness (QED) is 0.532. The zero-order valence-corrected chi connectivity index (χ0v) is 15.4. The summed E-state index contributed by atoms with van der Waals surface area (Å²) in [6.07, 6.45) is 2.55. The van der Waals surface area contributed by atoms with E-state index in [-0.39, 0.29) is 16.2 Å². The minimum atomic E-state index is 0.110. The molecule has 0 nitrogen and oxygen atoms in total. The summed E-state index contributed by atoms with van der Waals surface area (Å²) in [6, 6.07) is 14.0. The average Bonchev–Trinajstić information content (AvgIpc) is 2.72. The van der Waals surface area contributed by atoms with Gasteiger partial charge in [-0.2, -0.15) is 0 Å². The second kappa shape index (κ2) is 4.29. The molecule has 2 aromatic rings. The lowest BCUT2D eigenvalue weighted by Crippen LogP contribution is -2.34. The molecular formula is C23H28. The normalized spacial score (nSPS) is 22.2. The van der Waals surface area contributed by atoms with Gasteiger partial charge in [-0.1, -0.05) is 71.9 Å². The molecular weight excluding hydrogens is 276 g/mol. The van der Waals surface area contributed by atoms with E-state index in [4.69, 9.17) is 0 Å². The monoisotopic (exact) mass is 304 g/mol. The Morgan fingerprint density at radius 1 is 0.609 bits per heavy atom. The first-order valence-electron chi connectivity index (χ1n) is 8.94. The van der Waals surface area contributed by atoms with Crippen molar-refractivity contribution in [1.82, 2.24) is 0 Å². The molecule has 0 saturated heterocycles. The molecule has 0 heterocycles. The zero-order chi connectivity index (χ0) is 16.6. The molecule has 2 aromatic carbocycles. The summed E-state index contributed by atoms with van der Waals surface area (Å²) in [5, 5.41) is 0. The highest BCUT2D eigenvalue weighted by Gasteiger charge is 2.42. The maximum Gasteiger partial charge on any atom is 0.0158 e. The van der Waals surface area contributed by atoms with E-state index >= 15 is 0 Å². The van der Waals surface area contributed by atoms with Crippen LogP contribution in [0.4, 0.5) is 0 Å². The van der Waals surface area contributed by atoms with E-state index in [2.05, 4.69) is 77.9 Å². The molecule has 4 rings (SSSR count). The molecule has 0 atom stereocenters. The summed E-state index contributed by atoms with van der Waals surface area (Å²) in [4.78, 5) is 0. The van der Waals surface area contributed by atoms with Crippen LogP contribution in [0.5, 0.6) is 0 Å². The van der Waals surface area contributed by atoms with Crippen LogP contribution in [0.1, 0.15) is 76.6 Å². The Balaban J connectivity index is 2.07. The van der Waals surface area contributed by atoms with Crippen LogP contribution in [-0.4, -0.2) is 0 Å². The van der Waals surface area contributed by atoms with Crippen molar-refractivity contribution < 1.29 is 0 Å². The molecule has 0 radical (unpaired) electrons. The fourth-order valence-corrected chi connectivity index (χ4v) is 4.76. The predicted octanol–water partition coefficient (Wildman–Crippen LogP) is 6.34. The Morgan fingerprint density at radius 2 is 1.17 bits per heavy atom. The Kier molecular flexibility index (Phi) is 2.80. The van der Waals surface area contributed by atoms with Gasteiger partial charge in [0.2, 0.25) is 0 Å². The zero-order valence-electron chi connectivity index (χ0n) is 15.4. The summed E-state index contributed by atoms with van der Waals surface area (Å²) < 4.78 is 0. The molecule has 0 spiro atoms. The van der Waals surface area contributed by atoms with Crippen molar-refractivity contribution in [2.75, 3.05) is 0 Å². The van der Waals surface area contributed by atoms with Gasteiger partial charge in [-0.15, -0.1) is 0 Å². The Bertz CT molecular complexity index is 803. The largest absolute Gasteiger partial charge is 0.0619 e. The number of rotatable bonds is 0. The number of hydrogen-bond donors (Lipinski definition) is 0. The van der Waals surface area contributed by atoms with Crippen LogP contribution in [0.15, 0.2) is 36.4 Å². The summed E-state index contributed by atoms with van der Waals surface area (Å²) in [7, 11) is 0. The molecule has 0 amide bonds. The summed E-state index contributed by atoms with van der Waals surface area (Å²) in [5.41, 5.74) is 9.72. The van der Waals surface area contributed by atoms with E-state index in [0.717, 1.165) is 0 Å². The maximum absolute atomic E-state index is 2.55. The van der Waals surface area contributed by atoms with Gasteiger partial charge in [0, 0.05) is 5.41 Å². The molecule has 0 N–H and O–H groups in total. The SMILES string of the molecule is CC1(C)CCC(C)(C)c2cc3c(cc21)-c1ccccc1C3(C)C. The molecule has 23 heavy (non-hydrogen) atoms. The number of benzene rings is 2. The highest BCUT2D eigenvalue weighted by atomic mass is 14.5. The van der Waals surface area contributed by atoms with Crippen LogP contribution in [0.2, 0.25) is 0 Å². The lowest BCUT2D eigenvalue weighted by molar-refractivity contribution is 0.331. The first-order valence-corrected chi connectivity index (χ1v) is 8.94. The highest BCUT2D eigenvalue weighted by molar-refractivity contribution is 5.82. The minimum absolute atomic E-state index is 0.110. The van der Waals surface area contributed by atoms with Gasteiger partial charge in [0.15, 0.2) is 0 Å². The van der Waals surface area contributed by atoms with Crippen LogP contribution >= 0.6 is 0 Å². The van der Waals surface area contributed by atoms with Gasteiger partial charge in [0.05, 0.1) is 0 Å². The van der Waals surface area contributed by atoms with Gasteiger partial charge in [-0.25, -0.2) is 0 Å². The van der Waals surface area contributed by atoms with Gasteiger partial charge in [-0.3, -0.25) is 0 Å². The summed E-state index contributed by atoms with van der Waals surface area (Å²) >= 11 is 0. The van der Waals surface area contributed by atoms with Crippen molar-refractivity contribution in [3.05, 3.63) is 58.7 Å². The van der Waals surface area contributed by atoms with Crippen LogP contribution in [0.25, 0.3) is 11.1 Å².